The molecule has 2 aromatic carbocycles. The summed E-state index contributed by atoms with van der Waals surface area (Å²) in [5.41, 5.74) is 4.06. The fourth-order valence-corrected chi connectivity index (χ4v) is 8.91. The number of carboxylic acid groups (broad SMARTS) is 2. The fourth-order valence-electron chi connectivity index (χ4n) is 8.91. The van der Waals surface area contributed by atoms with Crippen molar-refractivity contribution in [3.63, 3.8) is 0 Å². The van der Waals surface area contributed by atoms with E-state index in [0.717, 1.165) is 62.5 Å². The minimum Gasteiger partial charge on any atom is -0.480 e. The number of hydrogen-bond donors (Lipinski definition) is 2. The molecular formula is C38H48N2O8. The zero-order valence-electron chi connectivity index (χ0n) is 28.3. The highest BCUT2D eigenvalue weighted by atomic mass is 16.6. The van der Waals surface area contributed by atoms with Crippen molar-refractivity contribution in [1.82, 2.24) is 9.80 Å². The first-order valence-corrected chi connectivity index (χ1v) is 17.4. The third-order valence-corrected chi connectivity index (χ3v) is 11.1. The van der Waals surface area contributed by atoms with Crippen LogP contribution in [0.25, 0.3) is 11.1 Å². The second kappa shape index (κ2) is 13.1. The first-order chi connectivity index (χ1) is 22.8. The van der Waals surface area contributed by atoms with E-state index < -0.39 is 41.8 Å². The van der Waals surface area contributed by atoms with E-state index in [0.29, 0.717) is 25.9 Å². The van der Waals surface area contributed by atoms with Crippen molar-refractivity contribution >= 4 is 24.1 Å². The highest BCUT2D eigenvalue weighted by Crippen LogP contribution is 2.49. The summed E-state index contributed by atoms with van der Waals surface area (Å²) in [7, 11) is 0. The van der Waals surface area contributed by atoms with E-state index in [2.05, 4.69) is 24.3 Å². The van der Waals surface area contributed by atoms with Crippen LogP contribution in [0.3, 0.4) is 0 Å². The van der Waals surface area contributed by atoms with Gasteiger partial charge in [-0.05, 0) is 92.4 Å². The summed E-state index contributed by atoms with van der Waals surface area (Å²) in [6.45, 7) is 6.63. The molecule has 3 aliphatic carbocycles. The summed E-state index contributed by atoms with van der Waals surface area (Å²) < 4.78 is 11.1. The molecule has 2 aliphatic heterocycles. The van der Waals surface area contributed by atoms with Crippen LogP contribution in [0.15, 0.2) is 48.5 Å². The Morgan fingerprint density at radius 3 is 1.54 bits per heavy atom. The summed E-state index contributed by atoms with van der Waals surface area (Å²) in [5.74, 6) is -1.87. The Kier molecular flexibility index (Phi) is 9.22. The molecule has 2 spiro atoms. The molecule has 258 valence electrons. The predicted molar refractivity (Wildman–Crippen MR) is 179 cm³/mol. The Hall–Kier alpha value is -4.08. The molecule has 2 atom stereocenters. The predicted octanol–water partition coefficient (Wildman–Crippen LogP) is 7.30. The summed E-state index contributed by atoms with van der Waals surface area (Å²) in [5, 5.41) is 19.0. The molecule has 0 unspecified atom stereocenters. The molecule has 4 fully saturated rings. The number of carbonyl (C=O) groups is 4. The van der Waals surface area contributed by atoms with Crippen molar-refractivity contribution in [2.24, 2.45) is 10.8 Å². The second-order valence-corrected chi connectivity index (χ2v) is 15.6. The van der Waals surface area contributed by atoms with Crippen LogP contribution < -0.4 is 0 Å². The molecular weight excluding hydrogens is 612 g/mol. The van der Waals surface area contributed by atoms with Crippen molar-refractivity contribution in [2.45, 2.75) is 109 Å². The number of carbonyl (C=O) groups excluding carboxylic acids is 2. The molecule has 2 saturated carbocycles. The minimum absolute atomic E-state index is 0.0139. The van der Waals surface area contributed by atoms with Crippen molar-refractivity contribution in [3.8, 4) is 11.1 Å². The van der Waals surface area contributed by atoms with E-state index in [1.54, 1.807) is 20.8 Å². The number of hydrogen-bond acceptors (Lipinski definition) is 6. The Morgan fingerprint density at radius 1 is 0.708 bits per heavy atom. The number of rotatable bonds is 4. The van der Waals surface area contributed by atoms with Crippen LogP contribution in [0.4, 0.5) is 9.59 Å². The Bertz CT molecular complexity index is 1510. The number of carboxylic acids is 2. The molecule has 10 nitrogen and oxygen atoms in total. The standard InChI is InChI=1S/C24H25NO4.C14H23NO4/c26-22(27)21-13-24(11-5-6-12-24)15-25(21)23(28)29-14-20-18-9-3-1-7-16(18)17-8-2-4-10-19(17)20;1-13(2,3)19-12(18)15-9-14(6-4-5-7-14)8-10(15)11(16)17/h1-4,7-10,20-21H,5-6,11-15H2,(H,26,27);10H,4-9H2,1-3H3,(H,16,17)/t21-;10-/m00/s1. The summed E-state index contributed by atoms with van der Waals surface area (Å²) in [6, 6.07) is 14.9. The molecule has 48 heavy (non-hydrogen) atoms. The molecule has 0 bridgehead atoms. The molecule has 2 heterocycles. The van der Waals surface area contributed by atoms with Gasteiger partial charge in [-0.25, -0.2) is 19.2 Å². The van der Waals surface area contributed by atoms with Crippen LogP contribution in [0.2, 0.25) is 0 Å². The van der Waals surface area contributed by atoms with E-state index in [9.17, 15) is 29.4 Å². The molecule has 2 aromatic rings. The molecule has 2 amide bonds. The van der Waals surface area contributed by atoms with Gasteiger partial charge in [0.25, 0.3) is 0 Å². The normalized spacial score (nSPS) is 23.5. The van der Waals surface area contributed by atoms with Crippen molar-refractivity contribution in [3.05, 3.63) is 59.7 Å². The van der Waals surface area contributed by atoms with Gasteiger partial charge in [-0.2, -0.15) is 0 Å². The van der Waals surface area contributed by atoms with Gasteiger partial charge in [0, 0.05) is 19.0 Å². The topological polar surface area (TPSA) is 134 Å². The summed E-state index contributed by atoms with van der Waals surface area (Å²) in [4.78, 5) is 51.1. The van der Waals surface area contributed by atoms with Gasteiger partial charge in [-0.1, -0.05) is 74.2 Å². The lowest BCUT2D eigenvalue weighted by molar-refractivity contribution is -0.142. The maximum absolute atomic E-state index is 12.9. The van der Waals surface area contributed by atoms with Gasteiger partial charge < -0.3 is 19.7 Å². The number of fused-ring (bicyclic) bond motifs is 3. The smallest absolute Gasteiger partial charge is 0.411 e. The van der Waals surface area contributed by atoms with Crippen LogP contribution in [0.5, 0.6) is 0 Å². The minimum atomic E-state index is -0.928. The Balaban J connectivity index is 0.000000184. The monoisotopic (exact) mass is 660 g/mol. The lowest BCUT2D eigenvalue weighted by Crippen LogP contribution is -2.43. The fraction of sp³-hybridized carbons (Fsp3) is 0.579. The molecule has 7 rings (SSSR count). The van der Waals surface area contributed by atoms with Crippen molar-refractivity contribution < 1.29 is 38.9 Å². The van der Waals surface area contributed by atoms with Crippen LogP contribution in [-0.2, 0) is 19.1 Å². The van der Waals surface area contributed by atoms with E-state index in [1.807, 2.05) is 24.3 Å². The van der Waals surface area contributed by atoms with Gasteiger partial charge in [0.05, 0.1) is 0 Å². The Labute approximate surface area is 282 Å². The molecule has 10 heteroatoms. The van der Waals surface area contributed by atoms with Crippen LogP contribution in [0.1, 0.15) is 102 Å². The average molecular weight is 661 g/mol. The van der Waals surface area contributed by atoms with Gasteiger partial charge in [-0.3, -0.25) is 9.80 Å². The van der Waals surface area contributed by atoms with E-state index >= 15 is 0 Å². The summed E-state index contributed by atoms with van der Waals surface area (Å²) in [6.07, 6.45) is 8.68. The third kappa shape index (κ3) is 6.76. The number of ether oxygens (including phenoxy) is 2. The Morgan fingerprint density at radius 2 is 1.12 bits per heavy atom. The van der Waals surface area contributed by atoms with Crippen LogP contribution in [0, 0.1) is 10.8 Å². The zero-order valence-corrected chi connectivity index (χ0v) is 28.3. The van der Waals surface area contributed by atoms with Gasteiger partial charge in [0.2, 0.25) is 0 Å². The highest BCUT2D eigenvalue weighted by Gasteiger charge is 2.52. The SMILES string of the molecule is CC(C)(C)OC(=O)N1CC2(CCCC2)C[C@H]1C(=O)O.O=C(O)[C@@H]1CC2(CCCC2)CN1C(=O)OCC1c2ccccc2-c2ccccc21. The number of benzene rings is 2. The lowest BCUT2D eigenvalue weighted by Gasteiger charge is -2.27. The quantitative estimate of drug-likeness (QED) is 0.349. The average Bonchev–Trinajstić information content (AvgIpc) is 3.88. The van der Waals surface area contributed by atoms with Gasteiger partial charge >= 0.3 is 24.1 Å². The van der Waals surface area contributed by atoms with Crippen LogP contribution in [-0.4, -0.2) is 81.5 Å². The molecule has 5 aliphatic rings. The molecule has 0 aromatic heterocycles. The molecule has 2 N–H and O–H groups in total. The van der Waals surface area contributed by atoms with Crippen molar-refractivity contribution in [2.75, 3.05) is 19.7 Å². The molecule has 2 saturated heterocycles. The number of nitrogens with zero attached hydrogens (tertiary/aromatic N) is 2. The zero-order chi connectivity index (χ0) is 34.3. The second-order valence-electron chi connectivity index (χ2n) is 15.6. The number of amides is 2. The van der Waals surface area contributed by atoms with E-state index in [1.165, 1.54) is 20.9 Å². The lowest BCUT2D eigenvalue weighted by atomic mass is 9.84. The van der Waals surface area contributed by atoms with Gasteiger partial charge in [0.15, 0.2) is 0 Å². The first-order valence-electron chi connectivity index (χ1n) is 17.4. The van der Waals surface area contributed by atoms with Gasteiger partial charge in [0.1, 0.15) is 24.3 Å². The van der Waals surface area contributed by atoms with Gasteiger partial charge in [-0.15, -0.1) is 0 Å². The third-order valence-electron chi connectivity index (χ3n) is 11.1. The molecule has 0 radical (unpaired) electrons. The first kappa shape index (κ1) is 33.8. The largest absolute Gasteiger partial charge is 0.480 e. The summed E-state index contributed by atoms with van der Waals surface area (Å²) >= 11 is 0. The maximum Gasteiger partial charge on any atom is 0.411 e. The number of likely N-dealkylation sites (tertiary alicyclic amines) is 2. The maximum atomic E-state index is 12.9. The van der Waals surface area contributed by atoms with E-state index in [-0.39, 0.29) is 23.4 Å². The number of aliphatic carboxylic acids is 2. The van der Waals surface area contributed by atoms with Crippen molar-refractivity contribution in [1.29, 1.82) is 0 Å². The van der Waals surface area contributed by atoms with E-state index in [4.69, 9.17) is 9.47 Å². The highest BCUT2D eigenvalue weighted by molar-refractivity contribution is 5.82. The van der Waals surface area contributed by atoms with Crippen LogP contribution >= 0.6 is 0 Å².